The Morgan fingerprint density at radius 1 is 1.22 bits per heavy atom. The lowest BCUT2D eigenvalue weighted by atomic mass is 9.99. The average molecular weight is 254 g/mol. The van der Waals surface area contributed by atoms with Crippen LogP contribution in [-0.4, -0.2) is 18.2 Å². The van der Waals surface area contributed by atoms with E-state index in [1.165, 1.54) is 7.05 Å². The second-order valence-corrected chi connectivity index (χ2v) is 4.08. The molecule has 0 aliphatic heterocycles. The minimum absolute atomic E-state index is 0.625. The summed E-state index contributed by atoms with van der Waals surface area (Å²) >= 11 is 0. The van der Waals surface area contributed by atoms with E-state index in [1.807, 2.05) is 0 Å². The molecule has 0 spiro atoms. The maximum Gasteiger partial charge on any atom is 0.390 e. The smallest absolute Gasteiger partial charge is 0.313 e. The summed E-state index contributed by atoms with van der Waals surface area (Å²) in [5.74, 6) is 0. The fourth-order valence-electron chi connectivity index (χ4n) is 2.03. The van der Waals surface area contributed by atoms with E-state index in [-0.39, 0.29) is 0 Å². The van der Waals surface area contributed by atoms with Crippen molar-refractivity contribution in [3.63, 3.8) is 0 Å². The third-order valence-corrected chi connectivity index (χ3v) is 2.84. The van der Waals surface area contributed by atoms with Crippen molar-refractivity contribution >= 4 is 10.9 Å². The van der Waals surface area contributed by atoms with Gasteiger partial charge in [-0.1, -0.05) is 18.2 Å². The quantitative estimate of drug-likeness (QED) is 0.907. The highest BCUT2D eigenvalue weighted by Crippen LogP contribution is 2.32. The summed E-state index contributed by atoms with van der Waals surface area (Å²) in [5.41, 5.74) is 1.33. The van der Waals surface area contributed by atoms with Crippen LogP contribution in [0.25, 0.3) is 10.9 Å². The first-order chi connectivity index (χ1) is 8.51. The Kier molecular flexibility index (Phi) is 3.52. The van der Waals surface area contributed by atoms with Gasteiger partial charge in [-0.2, -0.15) is 13.2 Å². The first-order valence-electron chi connectivity index (χ1n) is 5.59. The second kappa shape index (κ2) is 4.94. The SMILES string of the molecule is CNC(CC(F)(F)F)c1cccc2ncccc12. The zero-order valence-corrected chi connectivity index (χ0v) is 9.83. The molecule has 1 N–H and O–H groups in total. The zero-order chi connectivity index (χ0) is 13.2. The van der Waals surface area contributed by atoms with Gasteiger partial charge < -0.3 is 5.32 Å². The highest BCUT2D eigenvalue weighted by molar-refractivity contribution is 5.82. The molecule has 0 radical (unpaired) electrons. The number of alkyl halides is 3. The normalized spacial score (nSPS) is 13.8. The van der Waals surface area contributed by atoms with Gasteiger partial charge in [0.2, 0.25) is 0 Å². The number of nitrogens with zero attached hydrogens (tertiary/aromatic N) is 1. The summed E-state index contributed by atoms with van der Waals surface area (Å²) in [5, 5.41) is 3.47. The van der Waals surface area contributed by atoms with Gasteiger partial charge in [-0.3, -0.25) is 4.98 Å². The Hall–Kier alpha value is -1.62. The van der Waals surface area contributed by atoms with Crippen LogP contribution < -0.4 is 5.32 Å². The van der Waals surface area contributed by atoms with Crippen LogP contribution in [0.3, 0.4) is 0 Å². The van der Waals surface area contributed by atoms with Crippen molar-refractivity contribution < 1.29 is 13.2 Å². The van der Waals surface area contributed by atoms with Crippen LogP contribution in [0.4, 0.5) is 13.2 Å². The third-order valence-electron chi connectivity index (χ3n) is 2.84. The first kappa shape index (κ1) is 12.8. The van der Waals surface area contributed by atoms with Crippen LogP contribution >= 0.6 is 0 Å². The Morgan fingerprint density at radius 2 is 2.00 bits per heavy atom. The van der Waals surface area contributed by atoms with E-state index in [0.717, 1.165) is 5.39 Å². The molecule has 0 bridgehead atoms. The van der Waals surface area contributed by atoms with Gasteiger partial charge >= 0.3 is 6.18 Å². The number of rotatable bonds is 3. The average Bonchev–Trinajstić information content (AvgIpc) is 2.34. The number of hydrogen-bond acceptors (Lipinski definition) is 2. The number of halogens is 3. The molecule has 0 fully saturated rings. The van der Waals surface area contributed by atoms with Crippen molar-refractivity contribution in [3.8, 4) is 0 Å². The lowest BCUT2D eigenvalue weighted by Gasteiger charge is -2.20. The lowest BCUT2D eigenvalue weighted by Crippen LogP contribution is -2.23. The fourth-order valence-corrected chi connectivity index (χ4v) is 2.03. The molecule has 0 saturated carbocycles. The second-order valence-electron chi connectivity index (χ2n) is 4.08. The molecule has 2 rings (SSSR count). The van der Waals surface area contributed by atoms with Crippen LogP contribution in [-0.2, 0) is 0 Å². The molecule has 1 aromatic carbocycles. The zero-order valence-electron chi connectivity index (χ0n) is 9.83. The molecule has 5 heteroatoms. The maximum atomic E-state index is 12.5. The molecule has 0 aliphatic carbocycles. The van der Waals surface area contributed by atoms with Gasteiger partial charge in [0.15, 0.2) is 0 Å². The van der Waals surface area contributed by atoms with Gasteiger partial charge in [-0.25, -0.2) is 0 Å². The van der Waals surface area contributed by atoms with E-state index in [1.54, 1.807) is 36.5 Å². The molecule has 96 valence electrons. The molecular formula is C13H13F3N2. The Balaban J connectivity index is 2.45. The lowest BCUT2D eigenvalue weighted by molar-refractivity contribution is -0.140. The van der Waals surface area contributed by atoms with Gasteiger partial charge in [-0.15, -0.1) is 0 Å². The molecule has 2 nitrogen and oxygen atoms in total. The molecule has 0 amide bonds. The predicted octanol–water partition coefficient (Wildman–Crippen LogP) is 3.45. The number of hydrogen-bond donors (Lipinski definition) is 1. The van der Waals surface area contributed by atoms with Gasteiger partial charge in [0.25, 0.3) is 0 Å². The van der Waals surface area contributed by atoms with Gasteiger partial charge in [0.05, 0.1) is 11.9 Å². The molecule has 1 atom stereocenters. The predicted molar refractivity (Wildman–Crippen MR) is 64.2 cm³/mol. The minimum atomic E-state index is -4.20. The number of pyridine rings is 1. The number of benzene rings is 1. The van der Waals surface area contributed by atoms with Crippen LogP contribution in [0.5, 0.6) is 0 Å². The standard InChI is InChI=1S/C13H13F3N2/c1-17-12(8-13(14,15)16)10-4-2-6-11-9(10)5-3-7-18-11/h2-7,12,17H,8H2,1H3. The number of fused-ring (bicyclic) bond motifs is 1. The van der Waals surface area contributed by atoms with E-state index in [2.05, 4.69) is 10.3 Å². The summed E-state index contributed by atoms with van der Waals surface area (Å²) in [6.07, 6.45) is -3.46. The highest BCUT2D eigenvalue weighted by Gasteiger charge is 2.32. The fraction of sp³-hybridized carbons (Fsp3) is 0.308. The van der Waals surface area contributed by atoms with Crippen molar-refractivity contribution in [1.29, 1.82) is 0 Å². The minimum Gasteiger partial charge on any atom is -0.313 e. The van der Waals surface area contributed by atoms with Gasteiger partial charge in [0.1, 0.15) is 0 Å². The van der Waals surface area contributed by atoms with E-state index < -0.39 is 18.6 Å². The van der Waals surface area contributed by atoms with Gasteiger partial charge in [-0.05, 0) is 24.7 Å². The summed E-state index contributed by atoms with van der Waals surface area (Å²) in [6.45, 7) is 0. The van der Waals surface area contributed by atoms with Crippen molar-refractivity contribution in [1.82, 2.24) is 10.3 Å². The van der Waals surface area contributed by atoms with E-state index in [9.17, 15) is 13.2 Å². The van der Waals surface area contributed by atoms with Crippen LogP contribution in [0.2, 0.25) is 0 Å². The molecule has 1 heterocycles. The van der Waals surface area contributed by atoms with Crippen LogP contribution in [0, 0.1) is 0 Å². The summed E-state index contributed by atoms with van der Waals surface area (Å²) < 4.78 is 37.6. The Labute approximate surface area is 103 Å². The van der Waals surface area contributed by atoms with Crippen molar-refractivity contribution in [3.05, 3.63) is 42.1 Å². The molecular weight excluding hydrogens is 241 g/mol. The Morgan fingerprint density at radius 3 is 2.67 bits per heavy atom. The summed E-state index contributed by atoms with van der Waals surface area (Å²) in [6, 6.07) is 7.99. The largest absolute Gasteiger partial charge is 0.390 e. The molecule has 0 aliphatic rings. The molecule has 2 aromatic rings. The van der Waals surface area contributed by atoms with Crippen molar-refractivity contribution in [2.45, 2.75) is 18.6 Å². The van der Waals surface area contributed by atoms with Crippen LogP contribution in [0.1, 0.15) is 18.0 Å². The van der Waals surface area contributed by atoms with Crippen molar-refractivity contribution in [2.24, 2.45) is 0 Å². The number of aromatic nitrogens is 1. The highest BCUT2D eigenvalue weighted by atomic mass is 19.4. The molecule has 1 unspecified atom stereocenters. The monoisotopic (exact) mass is 254 g/mol. The maximum absolute atomic E-state index is 12.5. The summed E-state index contributed by atoms with van der Waals surface area (Å²) in [4.78, 5) is 4.15. The molecule has 18 heavy (non-hydrogen) atoms. The molecule has 0 saturated heterocycles. The first-order valence-corrected chi connectivity index (χ1v) is 5.59. The van der Waals surface area contributed by atoms with E-state index in [0.29, 0.717) is 11.1 Å². The van der Waals surface area contributed by atoms with Gasteiger partial charge in [0, 0.05) is 17.6 Å². The van der Waals surface area contributed by atoms with E-state index in [4.69, 9.17) is 0 Å². The van der Waals surface area contributed by atoms with Crippen molar-refractivity contribution in [2.75, 3.05) is 7.05 Å². The Bertz CT molecular complexity index is 532. The topological polar surface area (TPSA) is 24.9 Å². The summed E-state index contributed by atoms with van der Waals surface area (Å²) in [7, 11) is 1.53. The van der Waals surface area contributed by atoms with Crippen LogP contribution in [0.15, 0.2) is 36.5 Å². The molecule has 1 aromatic heterocycles. The number of nitrogens with one attached hydrogen (secondary N) is 1. The third kappa shape index (κ3) is 2.79. The van der Waals surface area contributed by atoms with E-state index >= 15 is 0 Å².